The van der Waals surface area contributed by atoms with E-state index in [0.717, 1.165) is 25.9 Å². The van der Waals surface area contributed by atoms with Gasteiger partial charge in [-0.05, 0) is 33.6 Å². The third kappa shape index (κ3) is 4.84. The zero-order chi connectivity index (χ0) is 21.9. The minimum Gasteiger partial charge on any atom is -0.435 e. The Morgan fingerprint density at radius 3 is 2.53 bits per heavy atom. The van der Waals surface area contributed by atoms with Gasteiger partial charge in [-0.25, -0.2) is 9.59 Å². The minimum absolute atomic E-state index is 0.162. The molecule has 3 rings (SSSR count). The molecule has 0 N–H and O–H groups in total. The monoisotopic (exact) mass is 441 g/mol. The summed E-state index contributed by atoms with van der Waals surface area (Å²) in [6.07, 6.45) is 4.54. The van der Waals surface area contributed by atoms with Crippen LogP contribution in [0.1, 0.15) is 53.4 Å². The van der Waals surface area contributed by atoms with E-state index in [2.05, 4.69) is 14.6 Å². The van der Waals surface area contributed by atoms with Crippen LogP contribution >= 0.6 is 11.8 Å². The molecule has 168 valence electrons. The van der Waals surface area contributed by atoms with Crippen LogP contribution in [0.15, 0.2) is 4.99 Å². The van der Waals surface area contributed by atoms with Crippen molar-refractivity contribution in [3.8, 4) is 0 Å². The minimum atomic E-state index is -1.11. The van der Waals surface area contributed by atoms with Crippen LogP contribution in [0.5, 0.6) is 0 Å². The second-order valence-corrected chi connectivity index (χ2v) is 10.00. The predicted octanol–water partition coefficient (Wildman–Crippen LogP) is 2.38. The van der Waals surface area contributed by atoms with Crippen molar-refractivity contribution < 1.29 is 28.6 Å². The zero-order valence-corrected chi connectivity index (χ0v) is 18.9. The smallest absolute Gasteiger partial charge is 0.435 e. The Labute approximate surface area is 181 Å². The molecule has 0 aliphatic carbocycles. The molecular weight excluding hydrogens is 410 g/mol. The Morgan fingerprint density at radius 1 is 1.23 bits per heavy atom. The van der Waals surface area contributed by atoms with E-state index in [1.807, 2.05) is 13.8 Å². The van der Waals surface area contributed by atoms with Gasteiger partial charge >= 0.3 is 12.1 Å². The van der Waals surface area contributed by atoms with Crippen molar-refractivity contribution in [2.24, 2.45) is 4.99 Å². The summed E-state index contributed by atoms with van der Waals surface area (Å²) in [6, 6.07) is -1.25. The number of carbonyl (C=O) groups excluding carboxylic acids is 3. The van der Waals surface area contributed by atoms with E-state index in [1.165, 1.54) is 19.8 Å². The van der Waals surface area contributed by atoms with Gasteiger partial charge < -0.3 is 24.0 Å². The summed E-state index contributed by atoms with van der Waals surface area (Å²) in [7, 11) is 0. The number of thioether (sulfide) groups is 1. The maximum atomic E-state index is 12.8. The first-order chi connectivity index (χ1) is 14.2. The van der Waals surface area contributed by atoms with Crippen LogP contribution in [0.25, 0.3) is 0 Å². The second kappa shape index (κ2) is 9.45. The van der Waals surface area contributed by atoms with Gasteiger partial charge in [0.15, 0.2) is 6.04 Å². The first-order valence-corrected chi connectivity index (χ1v) is 11.4. The van der Waals surface area contributed by atoms with Crippen LogP contribution in [0.3, 0.4) is 0 Å². The first kappa shape index (κ1) is 22.7. The van der Waals surface area contributed by atoms with E-state index in [4.69, 9.17) is 9.47 Å². The molecule has 3 aliphatic heterocycles. The van der Waals surface area contributed by atoms with Crippen LogP contribution < -0.4 is 0 Å². The molecule has 30 heavy (non-hydrogen) atoms. The average molecular weight is 442 g/mol. The molecule has 0 bridgehead atoms. The summed E-state index contributed by atoms with van der Waals surface area (Å²) in [5, 5.41) is -0.199. The average Bonchev–Trinajstić information content (AvgIpc) is 2.81. The third-order valence-corrected chi connectivity index (χ3v) is 7.03. The van der Waals surface area contributed by atoms with Crippen molar-refractivity contribution in [3.63, 3.8) is 0 Å². The van der Waals surface area contributed by atoms with Gasteiger partial charge in [-0.1, -0.05) is 12.8 Å². The molecule has 10 heteroatoms. The van der Waals surface area contributed by atoms with Gasteiger partial charge in [0.1, 0.15) is 11.4 Å². The van der Waals surface area contributed by atoms with Gasteiger partial charge in [0.2, 0.25) is 6.29 Å². The number of aliphatic imine (C=N–C) groups is 1. The van der Waals surface area contributed by atoms with Gasteiger partial charge in [-0.2, -0.15) is 0 Å². The highest BCUT2D eigenvalue weighted by molar-refractivity contribution is 8.01. The maximum Gasteiger partial charge on any atom is 0.511 e. The fraction of sp³-hybridized carbons (Fsp3) is 0.800. The fourth-order valence-corrected chi connectivity index (χ4v) is 5.64. The van der Waals surface area contributed by atoms with E-state index in [-0.39, 0.29) is 17.9 Å². The second-order valence-electron chi connectivity index (χ2n) is 8.22. The molecule has 3 heterocycles. The maximum absolute atomic E-state index is 12.8. The fourth-order valence-electron chi connectivity index (χ4n) is 4.03. The van der Waals surface area contributed by atoms with Crippen molar-refractivity contribution in [1.82, 2.24) is 9.80 Å². The normalized spacial score (nSPS) is 29.1. The lowest BCUT2D eigenvalue weighted by Gasteiger charge is -2.42. The van der Waals surface area contributed by atoms with E-state index in [9.17, 15) is 14.4 Å². The van der Waals surface area contributed by atoms with Crippen molar-refractivity contribution in [1.29, 1.82) is 0 Å². The highest BCUT2D eigenvalue weighted by atomic mass is 32.2. The number of fused-ring (bicyclic) bond motifs is 1. The number of ether oxygens (including phenoxy) is 3. The number of hydrogen-bond donors (Lipinski definition) is 0. The number of hydrogen-bond acceptors (Lipinski definition) is 8. The van der Waals surface area contributed by atoms with Gasteiger partial charge in [-0.3, -0.25) is 9.79 Å². The van der Waals surface area contributed by atoms with E-state index >= 15 is 0 Å². The number of likely N-dealkylation sites (tertiary alicyclic amines) is 1. The Balaban J connectivity index is 1.61. The SMILES string of the molecule is CCOC(=O)OC(C)OC(=O)[C@H]1N2C(=O)[C@H](N=CN3CCCCCC3)[C@@H]2SC1(C)C. The summed E-state index contributed by atoms with van der Waals surface area (Å²) in [6.45, 7) is 8.99. The van der Waals surface area contributed by atoms with Crippen LogP contribution in [-0.2, 0) is 23.8 Å². The first-order valence-electron chi connectivity index (χ1n) is 10.6. The Kier molecular flexibility index (Phi) is 7.15. The molecule has 0 aromatic carbocycles. The lowest BCUT2D eigenvalue weighted by atomic mass is 9.96. The Morgan fingerprint density at radius 2 is 1.90 bits per heavy atom. The van der Waals surface area contributed by atoms with E-state index in [1.54, 1.807) is 29.9 Å². The summed E-state index contributed by atoms with van der Waals surface area (Å²) in [5.41, 5.74) is 0. The van der Waals surface area contributed by atoms with Gasteiger partial charge in [0, 0.05) is 24.8 Å². The third-order valence-electron chi connectivity index (χ3n) is 5.47. The topological polar surface area (TPSA) is 97.7 Å². The van der Waals surface area contributed by atoms with Gasteiger partial charge in [-0.15, -0.1) is 11.8 Å². The van der Waals surface area contributed by atoms with Crippen LogP contribution in [0, 0.1) is 0 Å². The highest BCUT2D eigenvalue weighted by Gasteiger charge is 2.64. The number of carbonyl (C=O) groups is 3. The molecule has 3 saturated heterocycles. The lowest BCUT2D eigenvalue weighted by Crippen LogP contribution is -2.65. The Hall–Kier alpha value is -1.97. The number of esters is 1. The van der Waals surface area contributed by atoms with Gasteiger partial charge in [0.05, 0.1) is 12.9 Å². The molecule has 3 aliphatic rings. The molecule has 0 aromatic heterocycles. The number of β-lactam (4-membered cyclic amide) rings is 1. The molecule has 0 aromatic rings. The lowest BCUT2D eigenvalue weighted by molar-refractivity contribution is -0.180. The number of nitrogens with zero attached hydrogens (tertiary/aromatic N) is 3. The van der Waals surface area contributed by atoms with Crippen molar-refractivity contribution >= 4 is 36.1 Å². The quantitative estimate of drug-likeness (QED) is 0.204. The van der Waals surface area contributed by atoms with Crippen LogP contribution in [-0.4, -0.2) is 82.4 Å². The summed E-state index contributed by atoms with van der Waals surface area (Å²) >= 11 is 1.55. The Bertz CT molecular complexity index is 692. The van der Waals surface area contributed by atoms with Crippen LogP contribution in [0.2, 0.25) is 0 Å². The van der Waals surface area contributed by atoms with Crippen LogP contribution in [0.4, 0.5) is 4.79 Å². The predicted molar refractivity (Wildman–Crippen MR) is 112 cm³/mol. The highest BCUT2D eigenvalue weighted by Crippen LogP contribution is 2.52. The molecule has 9 nitrogen and oxygen atoms in total. The molecule has 0 spiro atoms. The van der Waals surface area contributed by atoms with E-state index < -0.39 is 35.2 Å². The summed E-state index contributed by atoms with van der Waals surface area (Å²) < 4.78 is 14.3. The van der Waals surface area contributed by atoms with Crippen molar-refractivity contribution in [2.75, 3.05) is 19.7 Å². The summed E-state index contributed by atoms with van der Waals surface area (Å²) in [4.78, 5) is 45.3. The molecule has 4 atom stereocenters. The molecule has 1 unspecified atom stereocenters. The number of rotatable bonds is 6. The molecule has 0 radical (unpaired) electrons. The zero-order valence-electron chi connectivity index (χ0n) is 18.0. The number of amides is 1. The molecule has 1 amide bonds. The van der Waals surface area contributed by atoms with Crippen molar-refractivity contribution in [2.45, 2.75) is 81.9 Å². The largest absolute Gasteiger partial charge is 0.511 e. The standard InChI is InChI=1S/C20H31N3O6S/c1-5-27-19(26)29-13(2)28-18(25)15-20(3,4)30-17-14(16(24)23(15)17)21-12-22-10-8-6-7-9-11-22/h12-15,17H,5-11H2,1-4H3/t13?,14-,15+,17-/m0/s1. The summed E-state index contributed by atoms with van der Waals surface area (Å²) in [5.74, 6) is -0.778. The molecule has 0 saturated carbocycles. The van der Waals surface area contributed by atoms with E-state index in [0.29, 0.717) is 0 Å². The molecule has 3 fully saturated rings. The molecular formula is C20H31N3O6S. The van der Waals surface area contributed by atoms with Gasteiger partial charge in [0.25, 0.3) is 5.91 Å². The van der Waals surface area contributed by atoms with Crippen molar-refractivity contribution in [3.05, 3.63) is 0 Å².